The average Bonchev–Trinajstić information content (AvgIpc) is 3.25. The molecule has 0 atom stereocenters. The lowest BCUT2D eigenvalue weighted by molar-refractivity contribution is 0.102. The van der Waals surface area contributed by atoms with E-state index in [4.69, 9.17) is 4.98 Å². The second-order valence-electron chi connectivity index (χ2n) is 6.27. The Hall–Kier alpha value is -3.67. The Balaban J connectivity index is 1.60. The molecule has 3 N–H and O–H groups in total. The Morgan fingerprint density at radius 2 is 2.04 bits per heavy atom. The number of aryl methyl sites for hydroxylation is 1. The second-order valence-corrected chi connectivity index (χ2v) is 6.27. The summed E-state index contributed by atoms with van der Waals surface area (Å²) in [6, 6.07) is 13.4. The first-order chi connectivity index (χ1) is 12.7. The Labute approximate surface area is 148 Å². The lowest BCUT2D eigenvalue weighted by Gasteiger charge is -2.07. The molecule has 0 saturated carbocycles. The Morgan fingerprint density at radius 1 is 1.12 bits per heavy atom. The number of benzene rings is 2. The first-order valence-corrected chi connectivity index (χ1v) is 8.31. The van der Waals surface area contributed by atoms with Crippen molar-refractivity contribution in [3.8, 4) is 0 Å². The molecule has 5 rings (SSSR count). The van der Waals surface area contributed by atoms with Gasteiger partial charge in [0, 0.05) is 39.9 Å². The van der Waals surface area contributed by atoms with E-state index in [2.05, 4.69) is 32.6 Å². The minimum absolute atomic E-state index is 0.167. The molecule has 3 aromatic heterocycles. The number of carbonyl (C=O) groups is 1. The van der Waals surface area contributed by atoms with Crippen LogP contribution in [0.2, 0.25) is 0 Å². The molecule has 0 radical (unpaired) electrons. The van der Waals surface area contributed by atoms with Crippen LogP contribution in [0.3, 0.4) is 0 Å². The van der Waals surface area contributed by atoms with Gasteiger partial charge in [0.05, 0.1) is 22.1 Å². The molecule has 0 aliphatic carbocycles. The van der Waals surface area contributed by atoms with Crippen molar-refractivity contribution >= 4 is 44.3 Å². The zero-order valence-corrected chi connectivity index (χ0v) is 14.0. The van der Waals surface area contributed by atoms with E-state index in [1.54, 1.807) is 18.3 Å². The number of anilines is 1. The van der Waals surface area contributed by atoms with Gasteiger partial charge in [-0.05, 0) is 37.3 Å². The number of nitrogens with zero attached hydrogens (tertiary/aromatic N) is 2. The lowest BCUT2D eigenvalue weighted by Crippen LogP contribution is -2.13. The zero-order valence-electron chi connectivity index (χ0n) is 14.0. The number of hydrogen-bond acceptors (Lipinski definition) is 3. The largest absolute Gasteiger partial charge is 0.322 e. The number of aromatic amines is 2. The van der Waals surface area contributed by atoms with Crippen molar-refractivity contribution in [2.75, 3.05) is 5.32 Å². The number of carbonyl (C=O) groups excluding carboxylic acids is 1. The van der Waals surface area contributed by atoms with E-state index in [1.165, 1.54) is 0 Å². The number of rotatable bonds is 2. The van der Waals surface area contributed by atoms with Crippen molar-refractivity contribution in [2.24, 2.45) is 0 Å². The fourth-order valence-corrected chi connectivity index (χ4v) is 3.35. The summed E-state index contributed by atoms with van der Waals surface area (Å²) in [7, 11) is 0. The summed E-state index contributed by atoms with van der Waals surface area (Å²) in [5.74, 6) is -0.167. The topological polar surface area (TPSA) is 86.5 Å². The van der Waals surface area contributed by atoms with Crippen LogP contribution in [0, 0.1) is 6.92 Å². The SMILES string of the molecule is Cc1ncccc1C(=O)Nc1ccc2nc3c(ccc4c[nH][nH]c43)c2c1. The van der Waals surface area contributed by atoms with Gasteiger partial charge < -0.3 is 10.4 Å². The van der Waals surface area contributed by atoms with E-state index in [9.17, 15) is 4.79 Å². The van der Waals surface area contributed by atoms with Crippen molar-refractivity contribution in [1.29, 1.82) is 0 Å². The van der Waals surface area contributed by atoms with Crippen LogP contribution in [0.15, 0.2) is 54.9 Å². The van der Waals surface area contributed by atoms with Gasteiger partial charge in [0.1, 0.15) is 0 Å². The number of aromatic nitrogens is 4. The summed E-state index contributed by atoms with van der Waals surface area (Å²) >= 11 is 0. The van der Waals surface area contributed by atoms with E-state index in [0.29, 0.717) is 11.3 Å². The molecule has 126 valence electrons. The fourth-order valence-electron chi connectivity index (χ4n) is 3.35. The summed E-state index contributed by atoms with van der Waals surface area (Å²) in [5.41, 5.74) is 4.81. The van der Waals surface area contributed by atoms with Crippen LogP contribution in [0.25, 0.3) is 32.7 Å². The lowest BCUT2D eigenvalue weighted by atomic mass is 10.1. The molecule has 0 unspecified atom stereocenters. The van der Waals surface area contributed by atoms with Gasteiger partial charge in [-0.2, -0.15) is 0 Å². The third kappa shape index (κ3) is 2.16. The summed E-state index contributed by atoms with van der Waals surface area (Å²) < 4.78 is 0. The molecule has 0 saturated heterocycles. The van der Waals surface area contributed by atoms with Crippen molar-refractivity contribution in [3.63, 3.8) is 0 Å². The molecule has 0 aliphatic heterocycles. The molecule has 3 heterocycles. The molecule has 26 heavy (non-hydrogen) atoms. The molecule has 1 amide bonds. The molecule has 6 heteroatoms. The van der Waals surface area contributed by atoms with Crippen LogP contribution in [0.5, 0.6) is 0 Å². The molecule has 0 spiro atoms. The quantitative estimate of drug-likeness (QED) is 0.451. The van der Waals surface area contributed by atoms with Crippen LogP contribution < -0.4 is 5.32 Å². The van der Waals surface area contributed by atoms with Gasteiger partial charge in [-0.1, -0.05) is 12.1 Å². The first-order valence-electron chi connectivity index (χ1n) is 8.31. The molecular weight excluding hydrogens is 326 g/mol. The standard InChI is InChI=1S/C20H15N5O/c1-11-14(3-2-8-21-11)20(26)23-13-5-7-17-16(9-13)15-6-4-12-10-22-25-18(12)19(15)24-17/h2-10,22,25H,1H3,(H,23,26). The van der Waals surface area contributed by atoms with E-state index in [1.807, 2.05) is 31.3 Å². The Kier molecular flexibility index (Phi) is 3.05. The second kappa shape index (κ2) is 5.42. The van der Waals surface area contributed by atoms with Gasteiger partial charge in [-0.25, -0.2) is 4.98 Å². The molecule has 0 bridgehead atoms. The van der Waals surface area contributed by atoms with E-state index < -0.39 is 0 Å². The van der Waals surface area contributed by atoms with Gasteiger partial charge >= 0.3 is 0 Å². The monoisotopic (exact) mass is 341 g/mol. The van der Waals surface area contributed by atoms with Gasteiger partial charge in [-0.3, -0.25) is 14.9 Å². The van der Waals surface area contributed by atoms with Crippen molar-refractivity contribution in [2.45, 2.75) is 6.92 Å². The number of fused-ring (bicyclic) bond motifs is 5. The summed E-state index contributed by atoms with van der Waals surface area (Å²) in [4.78, 5) is 21.4. The van der Waals surface area contributed by atoms with Crippen LogP contribution in [-0.2, 0) is 0 Å². The summed E-state index contributed by atoms with van der Waals surface area (Å²) in [6.07, 6.45) is 3.59. The molecule has 0 aliphatic rings. The summed E-state index contributed by atoms with van der Waals surface area (Å²) in [6.45, 7) is 1.82. The first kappa shape index (κ1) is 14.7. The van der Waals surface area contributed by atoms with E-state index in [0.717, 1.165) is 38.4 Å². The number of pyridine rings is 1. The van der Waals surface area contributed by atoms with Crippen LogP contribution in [0.1, 0.15) is 16.1 Å². The van der Waals surface area contributed by atoms with Crippen LogP contribution in [0.4, 0.5) is 5.69 Å². The maximum Gasteiger partial charge on any atom is 0.257 e. The molecule has 6 nitrogen and oxygen atoms in total. The molecule has 2 aromatic carbocycles. The number of hydrogen-bond donors (Lipinski definition) is 3. The highest BCUT2D eigenvalue weighted by Crippen LogP contribution is 2.31. The maximum atomic E-state index is 12.5. The minimum Gasteiger partial charge on any atom is -0.322 e. The molecule has 0 fully saturated rings. The van der Waals surface area contributed by atoms with E-state index in [-0.39, 0.29) is 5.91 Å². The number of nitrogens with one attached hydrogen (secondary N) is 3. The van der Waals surface area contributed by atoms with Crippen LogP contribution in [-0.4, -0.2) is 26.1 Å². The zero-order chi connectivity index (χ0) is 17.7. The highest BCUT2D eigenvalue weighted by molar-refractivity contribution is 6.16. The van der Waals surface area contributed by atoms with Crippen LogP contribution >= 0.6 is 0 Å². The summed E-state index contributed by atoms with van der Waals surface area (Å²) in [5, 5.41) is 12.2. The Morgan fingerprint density at radius 3 is 2.92 bits per heavy atom. The van der Waals surface area contributed by atoms with Gasteiger partial charge in [-0.15, -0.1) is 0 Å². The van der Waals surface area contributed by atoms with E-state index >= 15 is 0 Å². The number of H-pyrrole nitrogens is 2. The van der Waals surface area contributed by atoms with Crippen molar-refractivity contribution in [3.05, 3.63) is 66.1 Å². The maximum absolute atomic E-state index is 12.5. The third-order valence-electron chi connectivity index (χ3n) is 4.66. The van der Waals surface area contributed by atoms with Crippen molar-refractivity contribution < 1.29 is 4.79 Å². The van der Waals surface area contributed by atoms with Gasteiger partial charge in [0.15, 0.2) is 0 Å². The normalized spacial score (nSPS) is 11.4. The Bertz CT molecular complexity index is 1300. The number of amides is 1. The third-order valence-corrected chi connectivity index (χ3v) is 4.66. The van der Waals surface area contributed by atoms with Gasteiger partial charge in [0.25, 0.3) is 5.91 Å². The predicted molar refractivity (Wildman–Crippen MR) is 102 cm³/mol. The minimum atomic E-state index is -0.167. The van der Waals surface area contributed by atoms with Gasteiger partial charge in [0.2, 0.25) is 0 Å². The highest BCUT2D eigenvalue weighted by Gasteiger charge is 2.13. The molecule has 5 aromatic rings. The highest BCUT2D eigenvalue weighted by atomic mass is 16.1. The average molecular weight is 341 g/mol. The smallest absolute Gasteiger partial charge is 0.257 e. The predicted octanol–water partition coefficient (Wildman–Crippen LogP) is 4.15. The molecular formula is C20H15N5O. The van der Waals surface area contributed by atoms with Crippen molar-refractivity contribution in [1.82, 2.24) is 20.2 Å². The fraction of sp³-hybridized carbons (Fsp3) is 0.0500.